The van der Waals surface area contributed by atoms with Gasteiger partial charge >= 0.3 is 0 Å². The summed E-state index contributed by atoms with van der Waals surface area (Å²) in [7, 11) is 1.63. The molecule has 0 bridgehead atoms. The number of nitrogens with two attached hydrogens (primary N) is 1. The summed E-state index contributed by atoms with van der Waals surface area (Å²) in [4.78, 5) is 0. The Hall–Kier alpha value is -1.97. The lowest BCUT2D eigenvalue weighted by Crippen LogP contribution is -2.32. The molecule has 1 aliphatic carbocycles. The van der Waals surface area contributed by atoms with Gasteiger partial charge in [0.15, 0.2) is 5.88 Å². The van der Waals surface area contributed by atoms with E-state index in [0.29, 0.717) is 6.42 Å². The molecule has 3 nitrogen and oxygen atoms in total. The van der Waals surface area contributed by atoms with Gasteiger partial charge < -0.3 is 15.8 Å². The smallest absolute Gasteiger partial charge is 0.187 e. The highest BCUT2D eigenvalue weighted by molar-refractivity contribution is 5.42. The Bertz CT molecular complexity index is 586. The fourth-order valence-corrected chi connectivity index (χ4v) is 3.29. The average Bonchev–Trinajstić information content (AvgIpc) is 2.82. The van der Waals surface area contributed by atoms with Crippen LogP contribution in [0.5, 0.6) is 0 Å². The number of ether oxygens (including phenoxy) is 1. The van der Waals surface area contributed by atoms with Crippen molar-refractivity contribution in [2.24, 2.45) is 5.73 Å². The van der Waals surface area contributed by atoms with Gasteiger partial charge in [-0.15, -0.1) is 0 Å². The van der Waals surface area contributed by atoms with E-state index in [9.17, 15) is 4.39 Å². The van der Waals surface area contributed by atoms with Gasteiger partial charge in [-0.3, -0.25) is 0 Å². The third-order valence-corrected chi connectivity index (χ3v) is 4.23. The van der Waals surface area contributed by atoms with Crippen LogP contribution in [0.3, 0.4) is 0 Å². The zero-order valence-electron chi connectivity index (χ0n) is 11.7. The minimum absolute atomic E-state index is 0.113. The number of hydrogen-bond acceptors (Lipinski definition) is 3. The van der Waals surface area contributed by atoms with Crippen LogP contribution in [0.2, 0.25) is 0 Å². The van der Waals surface area contributed by atoms with Crippen LogP contribution >= 0.6 is 0 Å². The monoisotopic (exact) mass is 274 g/mol. The molecule has 4 heteroatoms. The number of nitrogens with one attached hydrogen (secondary N) is 1. The topological polar surface area (TPSA) is 47.3 Å². The van der Waals surface area contributed by atoms with E-state index in [0.717, 1.165) is 34.7 Å². The van der Waals surface area contributed by atoms with Gasteiger partial charge in [0.1, 0.15) is 5.82 Å². The molecule has 3 N–H and O–H groups in total. The summed E-state index contributed by atoms with van der Waals surface area (Å²) in [6.07, 6.45) is 3.48. The Morgan fingerprint density at radius 2 is 2.20 bits per heavy atom. The predicted octanol–water partition coefficient (Wildman–Crippen LogP) is 2.68. The summed E-state index contributed by atoms with van der Waals surface area (Å²) in [5.41, 5.74) is 9.88. The van der Waals surface area contributed by atoms with Gasteiger partial charge in [0.2, 0.25) is 0 Å². The SMILES string of the molecule is COC1=CC2=C(N)CC(c3c(C)cccc3F)C[C@@H]2N1. The van der Waals surface area contributed by atoms with Gasteiger partial charge in [0.05, 0.1) is 13.2 Å². The molecular weight excluding hydrogens is 255 g/mol. The number of benzene rings is 1. The molecule has 3 rings (SSSR count). The maximum absolute atomic E-state index is 14.1. The van der Waals surface area contributed by atoms with Crippen molar-refractivity contribution in [3.8, 4) is 0 Å². The molecule has 0 spiro atoms. The first-order valence-corrected chi connectivity index (χ1v) is 6.86. The van der Waals surface area contributed by atoms with Crippen molar-refractivity contribution in [3.63, 3.8) is 0 Å². The number of allylic oxidation sites excluding steroid dienone is 1. The van der Waals surface area contributed by atoms with Crippen molar-refractivity contribution >= 4 is 0 Å². The molecule has 0 aromatic heterocycles. The minimum atomic E-state index is -0.135. The second-order valence-corrected chi connectivity index (χ2v) is 5.50. The molecule has 1 heterocycles. The highest BCUT2D eigenvalue weighted by Gasteiger charge is 2.34. The molecule has 1 aromatic rings. The van der Waals surface area contributed by atoms with Crippen LogP contribution in [0.4, 0.5) is 4.39 Å². The van der Waals surface area contributed by atoms with E-state index < -0.39 is 0 Å². The lowest BCUT2D eigenvalue weighted by atomic mass is 9.79. The number of fused-ring (bicyclic) bond motifs is 1. The van der Waals surface area contributed by atoms with Gasteiger partial charge in [0.25, 0.3) is 0 Å². The average molecular weight is 274 g/mol. The molecule has 0 amide bonds. The molecule has 106 valence electrons. The minimum Gasteiger partial charge on any atom is -0.482 e. The highest BCUT2D eigenvalue weighted by atomic mass is 19.1. The molecular formula is C16H19FN2O. The quantitative estimate of drug-likeness (QED) is 0.871. The molecule has 1 aliphatic heterocycles. The summed E-state index contributed by atoms with van der Waals surface area (Å²) in [5.74, 6) is 0.713. The zero-order chi connectivity index (χ0) is 14.3. The van der Waals surface area contributed by atoms with Crippen LogP contribution in [0.15, 0.2) is 41.4 Å². The van der Waals surface area contributed by atoms with Crippen LogP contribution in [-0.4, -0.2) is 13.2 Å². The molecule has 20 heavy (non-hydrogen) atoms. The van der Waals surface area contributed by atoms with E-state index in [1.165, 1.54) is 6.07 Å². The lowest BCUT2D eigenvalue weighted by molar-refractivity contribution is 0.259. The fourth-order valence-electron chi connectivity index (χ4n) is 3.29. The molecule has 2 atom stereocenters. The molecule has 1 aromatic carbocycles. The summed E-state index contributed by atoms with van der Waals surface area (Å²) < 4.78 is 19.4. The first-order chi connectivity index (χ1) is 9.60. The molecule has 1 unspecified atom stereocenters. The van der Waals surface area contributed by atoms with E-state index in [1.807, 2.05) is 19.1 Å². The summed E-state index contributed by atoms with van der Waals surface area (Å²) in [5, 5.41) is 3.29. The van der Waals surface area contributed by atoms with Gasteiger partial charge in [-0.05, 0) is 48.4 Å². The summed E-state index contributed by atoms with van der Waals surface area (Å²) in [6.45, 7) is 1.95. The van der Waals surface area contributed by atoms with E-state index >= 15 is 0 Å². The predicted molar refractivity (Wildman–Crippen MR) is 76.3 cm³/mol. The van der Waals surface area contributed by atoms with Gasteiger partial charge in [0, 0.05) is 11.8 Å². The number of methoxy groups -OCH3 is 1. The maximum Gasteiger partial charge on any atom is 0.187 e. The standard InChI is InChI=1S/C16H19FN2O/c1-9-4-3-5-12(17)16(9)10-6-13(18)11-8-15(20-2)19-14(11)7-10/h3-5,8,10,14,19H,6-7,18H2,1-2H3/t10?,14-/m0/s1. The lowest BCUT2D eigenvalue weighted by Gasteiger charge is -2.30. The van der Waals surface area contributed by atoms with Crippen molar-refractivity contribution in [1.29, 1.82) is 0 Å². The fraction of sp³-hybridized carbons (Fsp3) is 0.375. The van der Waals surface area contributed by atoms with Crippen LogP contribution in [0, 0.1) is 12.7 Å². The Labute approximate surface area is 118 Å². The second-order valence-electron chi connectivity index (χ2n) is 5.50. The van der Waals surface area contributed by atoms with Crippen molar-refractivity contribution in [3.05, 3.63) is 58.4 Å². The molecule has 2 aliphatic rings. The van der Waals surface area contributed by atoms with E-state index in [4.69, 9.17) is 10.5 Å². The third kappa shape index (κ3) is 2.05. The molecule has 0 radical (unpaired) electrons. The first kappa shape index (κ1) is 13.0. The molecule has 0 saturated heterocycles. The Morgan fingerprint density at radius 1 is 1.40 bits per heavy atom. The second kappa shape index (κ2) is 4.85. The van der Waals surface area contributed by atoms with E-state index in [-0.39, 0.29) is 17.8 Å². The molecule has 0 fully saturated rings. The van der Waals surface area contributed by atoms with Crippen LogP contribution in [-0.2, 0) is 4.74 Å². The van der Waals surface area contributed by atoms with Crippen LogP contribution < -0.4 is 11.1 Å². The number of aryl methyl sites for hydroxylation is 1. The van der Waals surface area contributed by atoms with Gasteiger partial charge in [-0.1, -0.05) is 12.1 Å². The summed E-state index contributed by atoms with van der Waals surface area (Å²) >= 11 is 0. The maximum atomic E-state index is 14.1. The van der Waals surface area contributed by atoms with Crippen LogP contribution in [0.1, 0.15) is 29.9 Å². The van der Waals surface area contributed by atoms with Crippen molar-refractivity contribution in [2.75, 3.05) is 7.11 Å². The van der Waals surface area contributed by atoms with E-state index in [1.54, 1.807) is 13.2 Å². The summed E-state index contributed by atoms with van der Waals surface area (Å²) in [6, 6.07) is 5.36. The van der Waals surface area contributed by atoms with Crippen molar-refractivity contribution < 1.29 is 9.13 Å². The third-order valence-electron chi connectivity index (χ3n) is 4.23. The number of hydrogen-bond donors (Lipinski definition) is 2. The first-order valence-electron chi connectivity index (χ1n) is 6.86. The van der Waals surface area contributed by atoms with Crippen molar-refractivity contribution in [1.82, 2.24) is 5.32 Å². The largest absolute Gasteiger partial charge is 0.482 e. The van der Waals surface area contributed by atoms with Gasteiger partial charge in [-0.25, -0.2) is 4.39 Å². The van der Waals surface area contributed by atoms with Crippen LogP contribution in [0.25, 0.3) is 0 Å². The van der Waals surface area contributed by atoms with Crippen molar-refractivity contribution in [2.45, 2.75) is 31.7 Å². The van der Waals surface area contributed by atoms with Gasteiger partial charge in [-0.2, -0.15) is 0 Å². The number of halogens is 1. The van der Waals surface area contributed by atoms with E-state index in [2.05, 4.69) is 5.32 Å². The Balaban J connectivity index is 1.92. The zero-order valence-corrected chi connectivity index (χ0v) is 11.7. The Kier molecular flexibility index (Phi) is 3.16. The Morgan fingerprint density at radius 3 is 2.90 bits per heavy atom. The normalized spacial score (nSPS) is 25.1. The highest BCUT2D eigenvalue weighted by Crippen LogP contribution is 2.39. The molecule has 0 saturated carbocycles. The number of rotatable bonds is 2.